The molecule has 4 rings (SSSR count). The van der Waals surface area contributed by atoms with Crippen molar-refractivity contribution >= 4 is 0 Å². The molecule has 2 heterocycles. The van der Waals surface area contributed by atoms with E-state index in [1.165, 1.54) is 17.2 Å². The summed E-state index contributed by atoms with van der Waals surface area (Å²) in [4.78, 5) is 15.1. The first kappa shape index (κ1) is 17.3. The van der Waals surface area contributed by atoms with Gasteiger partial charge in [-0.05, 0) is 35.6 Å². The molecule has 0 bridgehead atoms. The highest BCUT2D eigenvalue weighted by atomic mass is 16.6. The Balaban J connectivity index is 1.30. The number of nitrogens with zero attached hydrogens (tertiary/aromatic N) is 2. The van der Waals surface area contributed by atoms with Gasteiger partial charge in [0.2, 0.25) is 0 Å². The molecule has 0 amide bonds. The van der Waals surface area contributed by atoms with Crippen LogP contribution in [0.3, 0.4) is 0 Å². The van der Waals surface area contributed by atoms with Crippen molar-refractivity contribution in [1.82, 2.24) is 9.55 Å². The molecule has 5 heteroatoms. The van der Waals surface area contributed by atoms with Crippen LogP contribution in [0.2, 0.25) is 0 Å². The van der Waals surface area contributed by atoms with E-state index in [0.717, 1.165) is 12.2 Å². The first-order chi connectivity index (χ1) is 13.2. The third kappa shape index (κ3) is 4.19. The monoisotopic (exact) mass is 362 g/mol. The number of hydrogen-bond acceptors (Lipinski definition) is 4. The van der Waals surface area contributed by atoms with Crippen LogP contribution < -0.4 is 15.0 Å². The molecule has 1 aliphatic rings. The topological polar surface area (TPSA) is 53.4 Å². The molecule has 0 saturated heterocycles. The number of rotatable bonds is 6. The van der Waals surface area contributed by atoms with Crippen LogP contribution in [0, 0.1) is 0 Å². The molecule has 0 fully saturated rings. The summed E-state index contributed by atoms with van der Waals surface area (Å²) in [5, 5.41) is 0. The van der Waals surface area contributed by atoms with Crippen molar-refractivity contribution in [3.05, 3.63) is 88.3 Å². The molecule has 2 atom stereocenters. The van der Waals surface area contributed by atoms with E-state index in [2.05, 4.69) is 48.3 Å². The number of hydrogen-bond donors (Lipinski definition) is 0. The zero-order valence-electron chi connectivity index (χ0n) is 15.2. The zero-order chi connectivity index (χ0) is 18.6. The maximum absolute atomic E-state index is 11.3. The molecular weight excluding hydrogens is 340 g/mol. The zero-order valence-corrected chi connectivity index (χ0v) is 15.2. The van der Waals surface area contributed by atoms with Gasteiger partial charge in [0, 0.05) is 12.3 Å². The third-order valence-corrected chi connectivity index (χ3v) is 4.79. The van der Waals surface area contributed by atoms with Crippen LogP contribution in [0.5, 0.6) is 11.8 Å². The summed E-state index contributed by atoms with van der Waals surface area (Å²) in [6.45, 7) is 3.29. The molecule has 2 unspecified atom stereocenters. The highest BCUT2D eigenvalue weighted by Gasteiger charge is 2.23. The number of benzene rings is 2. The van der Waals surface area contributed by atoms with Crippen LogP contribution in [0.15, 0.2) is 71.7 Å². The van der Waals surface area contributed by atoms with E-state index < -0.39 is 0 Å². The molecule has 1 aliphatic heterocycles. The SMILES string of the molecule is CC(Cc1ccc(OCC2Cn3ccc(=O)nc3O2)cc1)c1ccccc1. The van der Waals surface area contributed by atoms with Gasteiger partial charge in [0.1, 0.15) is 12.4 Å². The predicted octanol–water partition coefficient (Wildman–Crippen LogP) is 3.43. The van der Waals surface area contributed by atoms with Crippen molar-refractivity contribution in [2.24, 2.45) is 0 Å². The van der Waals surface area contributed by atoms with Gasteiger partial charge in [0.05, 0.1) is 6.54 Å². The quantitative estimate of drug-likeness (QED) is 0.674. The highest BCUT2D eigenvalue weighted by Crippen LogP contribution is 2.22. The standard InChI is InChI=1S/C22H22N2O3/c1-16(18-5-3-2-4-6-18)13-17-7-9-19(10-8-17)26-15-20-14-24-12-11-21(25)23-22(24)27-20/h2-12,16,20H,13-15H2,1H3. The minimum Gasteiger partial charge on any atom is -0.490 e. The van der Waals surface area contributed by atoms with E-state index in [9.17, 15) is 4.79 Å². The summed E-state index contributed by atoms with van der Waals surface area (Å²) >= 11 is 0. The molecule has 0 N–H and O–H groups in total. The summed E-state index contributed by atoms with van der Waals surface area (Å²) in [7, 11) is 0. The molecule has 0 aliphatic carbocycles. The molecule has 0 saturated carbocycles. The molecule has 0 radical (unpaired) electrons. The Labute approximate surface area is 158 Å². The Morgan fingerprint density at radius 2 is 1.93 bits per heavy atom. The molecule has 3 aromatic rings. The molecule has 138 valence electrons. The lowest BCUT2D eigenvalue weighted by Gasteiger charge is -2.13. The second kappa shape index (κ2) is 7.66. The molecule has 1 aromatic heterocycles. The van der Waals surface area contributed by atoms with Gasteiger partial charge in [0.15, 0.2) is 6.10 Å². The van der Waals surface area contributed by atoms with E-state index in [0.29, 0.717) is 25.1 Å². The van der Waals surface area contributed by atoms with Gasteiger partial charge in [-0.15, -0.1) is 0 Å². The van der Waals surface area contributed by atoms with Crippen molar-refractivity contribution in [2.75, 3.05) is 6.61 Å². The lowest BCUT2D eigenvalue weighted by molar-refractivity contribution is 0.143. The van der Waals surface area contributed by atoms with Gasteiger partial charge in [0.25, 0.3) is 11.6 Å². The van der Waals surface area contributed by atoms with Gasteiger partial charge in [-0.3, -0.25) is 9.36 Å². The molecule has 5 nitrogen and oxygen atoms in total. The van der Waals surface area contributed by atoms with Crippen molar-refractivity contribution in [3.8, 4) is 11.8 Å². The minimum absolute atomic E-state index is 0.142. The Morgan fingerprint density at radius 3 is 2.70 bits per heavy atom. The normalized spacial score (nSPS) is 16.4. The summed E-state index contributed by atoms with van der Waals surface area (Å²) in [6, 6.07) is 20.6. The van der Waals surface area contributed by atoms with Crippen molar-refractivity contribution in [2.45, 2.75) is 31.9 Å². The van der Waals surface area contributed by atoms with Crippen LogP contribution in [0.1, 0.15) is 24.0 Å². The minimum atomic E-state index is -0.289. The summed E-state index contributed by atoms with van der Waals surface area (Å²) in [5.74, 6) is 1.28. The molecule has 27 heavy (non-hydrogen) atoms. The fourth-order valence-electron chi connectivity index (χ4n) is 3.30. The van der Waals surface area contributed by atoms with E-state index >= 15 is 0 Å². The maximum atomic E-state index is 11.3. The lowest BCUT2D eigenvalue weighted by Crippen LogP contribution is -2.23. The largest absolute Gasteiger partial charge is 0.490 e. The lowest BCUT2D eigenvalue weighted by atomic mass is 9.94. The molecule has 0 spiro atoms. The second-order valence-electron chi connectivity index (χ2n) is 6.91. The van der Waals surface area contributed by atoms with Crippen molar-refractivity contribution < 1.29 is 9.47 Å². The van der Waals surface area contributed by atoms with Crippen LogP contribution in [-0.2, 0) is 13.0 Å². The molecule has 2 aromatic carbocycles. The fraction of sp³-hybridized carbons (Fsp3) is 0.273. The first-order valence-corrected chi connectivity index (χ1v) is 9.18. The van der Waals surface area contributed by atoms with Crippen molar-refractivity contribution in [3.63, 3.8) is 0 Å². The molecular formula is C22H22N2O3. The third-order valence-electron chi connectivity index (χ3n) is 4.79. The van der Waals surface area contributed by atoms with Gasteiger partial charge < -0.3 is 9.47 Å². The van der Waals surface area contributed by atoms with Gasteiger partial charge in [-0.1, -0.05) is 49.4 Å². The van der Waals surface area contributed by atoms with Crippen LogP contribution >= 0.6 is 0 Å². The summed E-state index contributed by atoms with van der Waals surface area (Å²) < 4.78 is 13.3. The van der Waals surface area contributed by atoms with Crippen LogP contribution in [-0.4, -0.2) is 22.3 Å². The fourth-order valence-corrected chi connectivity index (χ4v) is 3.30. The summed E-state index contributed by atoms with van der Waals surface area (Å²) in [5.41, 5.74) is 2.34. The average Bonchev–Trinajstić information content (AvgIpc) is 3.10. The maximum Gasteiger partial charge on any atom is 0.300 e. The van der Waals surface area contributed by atoms with E-state index in [1.807, 2.05) is 22.8 Å². The Kier molecular flexibility index (Phi) is 4.92. The van der Waals surface area contributed by atoms with Crippen LogP contribution in [0.4, 0.5) is 0 Å². The van der Waals surface area contributed by atoms with E-state index in [4.69, 9.17) is 9.47 Å². The van der Waals surface area contributed by atoms with Gasteiger partial charge in [-0.2, -0.15) is 4.98 Å². The first-order valence-electron chi connectivity index (χ1n) is 9.18. The average molecular weight is 362 g/mol. The van der Waals surface area contributed by atoms with Crippen molar-refractivity contribution in [1.29, 1.82) is 0 Å². The Hall–Kier alpha value is -3.08. The summed E-state index contributed by atoms with van der Waals surface area (Å²) in [6.07, 6.45) is 2.55. The predicted molar refractivity (Wildman–Crippen MR) is 103 cm³/mol. The number of ether oxygens (including phenoxy) is 2. The van der Waals surface area contributed by atoms with E-state index in [-0.39, 0.29) is 11.7 Å². The number of fused-ring (bicyclic) bond motifs is 1. The Bertz CT molecular complexity index is 951. The van der Waals surface area contributed by atoms with E-state index in [1.54, 1.807) is 6.20 Å². The second-order valence-corrected chi connectivity index (χ2v) is 6.91. The highest BCUT2D eigenvalue weighted by molar-refractivity contribution is 5.29. The van der Waals surface area contributed by atoms with Crippen LogP contribution in [0.25, 0.3) is 0 Å². The Morgan fingerprint density at radius 1 is 1.15 bits per heavy atom. The smallest absolute Gasteiger partial charge is 0.300 e. The number of aromatic nitrogens is 2. The van der Waals surface area contributed by atoms with Gasteiger partial charge in [-0.25, -0.2) is 0 Å². The van der Waals surface area contributed by atoms with Gasteiger partial charge >= 0.3 is 0 Å².